The van der Waals surface area contributed by atoms with Crippen molar-refractivity contribution >= 4 is 29.1 Å². The fraction of sp³-hybridized carbons (Fsp3) is 0.222. The van der Waals surface area contributed by atoms with Crippen LogP contribution in [0.15, 0.2) is 66.4 Å². The summed E-state index contributed by atoms with van der Waals surface area (Å²) in [4.78, 5) is 17.8. The van der Waals surface area contributed by atoms with E-state index in [1.807, 2.05) is 25.1 Å². The van der Waals surface area contributed by atoms with Crippen LogP contribution in [-0.4, -0.2) is 42.0 Å². The number of halogens is 1. The van der Waals surface area contributed by atoms with Gasteiger partial charge < -0.3 is 14.7 Å². The van der Waals surface area contributed by atoms with Crippen LogP contribution < -0.4 is 9.64 Å². The van der Waals surface area contributed by atoms with Crippen LogP contribution in [0, 0.1) is 6.92 Å². The van der Waals surface area contributed by atoms with Gasteiger partial charge in [0.05, 0.1) is 11.1 Å². The molecule has 5 nitrogen and oxygen atoms in total. The van der Waals surface area contributed by atoms with Crippen molar-refractivity contribution in [2.24, 2.45) is 0 Å². The minimum absolute atomic E-state index is 0.160. The van der Waals surface area contributed by atoms with E-state index in [1.165, 1.54) is 5.69 Å². The first-order valence-corrected chi connectivity index (χ1v) is 11.4. The summed E-state index contributed by atoms with van der Waals surface area (Å²) in [7, 11) is 0. The topological polar surface area (TPSA) is 53.0 Å². The fourth-order valence-electron chi connectivity index (χ4n) is 4.47. The van der Waals surface area contributed by atoms with Gasteiger partial charge in [0, 0.05) is 43.4 Å². The summed E-state index contributed by atoms with van der Waals surface area (Å²) in [6.45, 7) is 5.88. The molecule has 2 aliphatic rings. The number of phenolic OH excluding ortho intramolecular Hbond substituents is 1. The Bertz CT molecular complexity index is 1210. The van der Waals surface area contributed by atoms with E-state index in [4.69, 9.17) is 16.3 Å². The first-order valence-electron chi connectivity index (χ1n) is 11.1. The second-order valence-corrected chi connectivity index (χ2v) is 8.92. The summed E-state index contributed by atoms with van der Waals surface area (Å²) in [5.74, 6) is 0.740. The number of piperazine rings is 1. The van der Waals surface area contributed by atoms with Crippen molar-refractivity contribution in [3.05, 3.63) is 93.7 Å². The van der Waals surface area contributed by atoms with E-state index < -0.39 is 0 Å². The van der Waals surface area contributed by atoms with Gasteiger partial charge in [0.1, 0.15) is 11.5 Å². The number of anilines is 1. The summed E-state index contributed by atoms with van der Waals surface area (Å²) < 4.78 is 6.06. The van der Waals surface area contributed by atoms with Gasteiger partial charge in [-0.15, -0.1) is 0 Å². The first kappa shape index (κ1) is 21.6. The summed E-state index contributed by atoms with van der Waals surface area (Å²) in [5.41, 5.74) is 3.96. The van der Waals surface area contributed by atoms with Crippen molar-refractivity contribution in [2.75, 3.05) is 31.1 Å². The lowest BCUT2D eigenvalue weighted by atomic mass is 9.99. The molecule has 3 aromatic carbocycles. The maximum Gasteiger partial charge on any atom is 0.232 e. The maximum atomic E-state index is 13.1. The molecule has 0 bridgehead atoms. The number of aromatic hydroxyl groups is 1. The van der Waals surface area contributed by atoms with Crippen molar-refractivity contribution in [1.29, 1.82) is 0 Å². The highest BCUT2D eigenvalue weighted by Gasteiger charge is 2.34. The predicted octanol–water partition coefficient (Wildman–Crippen LogP) is 5.29. The van der Waals surface area contributed by atoms with Gasteiger partial charge in [0.2, 0.25) is 5.78 Å². The Morgan fingerprint density at radius 3 is 2.42 bits per heavy atom. The Labute approximate surface area is 198 Å². The predicted molar refractivity (Wildman–Crippen MR) is 131 cm³/mol. The molecule has 6 heteroatoms. The van der Waals surface area contributed by atoms with Crippen molar-refractivity contribution in [1.82, 2.24) is 4.90 Å². The quantitative estimate of drug-likeness (QED) is 0.536. The van der Waals surface area contributed by atoms with Gasteiger partial charge in [-0.25, -0.2) is 0 Å². The first-order chi connectivity index (χ1) is 16.0. The normalized spacial score (nSPS) is 17.3. The highest BCUT2D eigenvalue weighted by atomic mass is 35.5. The van der Waals surface area contributed by atoms with Crippen LogP contribution in [0.25, 0.3) is 6.08 Å². The number of carbonyl (C=O) groups excluding carboxylic acids is 1. The third kappa shape index (κ3) is 4.34. The number of ether oxygens (including phenoxy) is 1. The van der Waals surface area contributed by atoms with E-state index in [1.54, 1.807) is 24.3 Å². The summed E-state index contributed by atoms with van der Waals surface area (Å²) in [6.07, 6.45) is 1.72. The third-order valence-corrected chi connectivity index (χ3v) is 6.52. The number of hydrogen-bond donors (Lipinski definition) is 1. The number of phenols is 1. The van der Waals surface area contributed by atoms with Crippen LogP contribution in [0.2, 0.25) is 5.02 Å². The third-order valence-electron chi connectivity index (χ3n) is 6.26. The molecule has 1 N–H and O–H groups in total. The zero-order valence-corrected chi connectivity index (χ0v) is 19.2. The van der Waals surface area contributed by atoms with Crippen LogP contribution in [0.5, 0.6) is 11.5 Å². The fourth-order valence-corrected chi connectivity index (χ4v) is 4.60. The van der Waals surface area contributed by atoms with Crippen LogP contribution in [0.4, 0.5) is 5.69 Å². The Kier molecular flexibility index (Phi) is 5.83. The number of fused-ring (bicyclic) bond motifs is 1. The van der Waals surface area contributed by atoms with Gasteiger partial charge in [-0.2, -0.15) is 0 Å². The van der Waals surface area contributed by atoms with E-state index in [0.717, 1.165) is 31.7 Å². The smallest absolute Gasteiger partial charge is 0.232 e. The van der Waals surface area contributed by atoms with Crippen molar-refractivity contribution in [2.45, 2.75) is 13.5 Å². The van der Waals surface area contributed by atoms with E-state index >= 15 is 0 Å². The second-order valence-electron chi connectivity index (χ2n) is 8.49. The molecule has 0 spiro atoms. The molecular formula is C27H25ClN2O3. The number of carbonyl (C=O) groups is 1. The minimum atomic E-state index is -0.160. The van der Waals surface area contributed by atoms with Crippen LogP contribution in [-0.2, 0) is 6.54 Å². The maximum absolute atomic E-state index is 13.1. The molecule has 0 amide bonds. The Balaban J connectivity index is 1.37. The number of rotatable bonds is 4. The molecule has 0 atom stereocenters. The largest absolute Gasteiger partial charge is 0.507 e. The lowest BCUT2D eigenvalue weighted by Crippen LogP contribution is -2.46. The molecule has 3 aromatic rings. The molecule has 2 aliphatic heterocycles. The Hall–Kier alpha value is -3.28. The molecule has 0 radical (unpaired) electrons. The van der Waals surface area contributed by atoms with E-state index in [9.17, 15) is 9.90 Å². The van der Waals surface area contributed by atoms with Gasteiger partial charge >= 0.3 is 0 Å². The van der Waals surface area contributed by atoms with Gasteiger partial charge in [-0.05, 0) is 54.5 Å². The number of benzene rings is 3. The Morgan fingerprint density at radius 1 is 1.03 bits per heavy atom. The molecule has 1 saturated heterocycles. The number of aryl methyl sites for hydroxylation is 1. The number of para-hydroxylation sites is 1. The molecule has 168 valence electrons. The van der Waals surface area contributed by atoms with E-state index in [-0.39, 0.29) is 17.3 Å². The van der Waals surface area contributed by atoms with Crippen LogP contribution in [0.1, 0.15) is 27.0 Å². The molecule has 2 heterocycles. The highest BCUT2D eigenvalue weighted by molar-refractivity contribution is 6.30. The molecular weight excluding hydrogens is 436 g/mol. The van der Waals surface area contributed by atoms with Gasteiger partial charge in [0.25, 0.3) is 0 Å². The van der Waals surface area contributed by atoms with Crippen LogP contribution >= 0.6 is 11.6 Å². The van der Waals surface area contributed by atoms with E-state index in [2.05, 4.69) is 34.1 Å². The zero-order chi connectivity index (χ0) is 22.9. The number of hydrogen-bond acceptors (Lipinski definition) is 5. The lowest BCUT2D eigenvalue weighted by molar-refractivity contribution is 0.101. The lowest BCUT2D eigenvalue weighted by Gasteiger charge is -2.36. The zero-order valence-electron chi connectivity index (χ0n) is 18.4. The monoisotopic (exact) mass is 460 g/mol. The van der Waals surface area contributed by atoms with Crippen molar-refractivity contribution in [3.63, 3.8) is 0 Å². The molecule has 5 rings (SSSR count). The number of nitrogens with zero attached hydrogens (tertiary/aromatic N) is 2. The molecule has 1 fully saturated rings. The number of allylic oxidation sites excluding steroid dienone is 1. The average molecular weight is 461 g/mol. The van der Waals surface area contributed by atoms with Gasteiger partial charge in [-0.1, -0.05) is 41.9 Å². The number of ketones is 1. The van der Waals surface area contributed by atoms with Crippen LogP contribution in [0.3, 0.4) is 0 Å². The average Bonchev–Trinajstić information content (AvgIpc) is 3.15. The molecule has 0 aromatic heterocycles. The molecule has 0 unspecified atom stereocenters. The Morgan fingerprint density at radius 2 is 1.73 bits per heavy atom. The minimum Gasteiger partial charge on any atom is -0.507 e. The summed E-state index contributed by atoms with van der Waals surface area (Å²) in [5, 5.41) is 11.4. The van der Waals surface area contributed by atoms with Gasteiger partial charge in [0.15, 0.2) is 5.76 Å². The summed E-state index contributed by atoms with van der Waals surface area (Å²) in [6, 6.07) is 19.3. The molecule has 0 saturated carbocycles. The molecule has 0 aliphatic carbocycles. The van der Waals surface area contributed by atoms with Gasteiger partial charge in [-0.3, -0.25) is 9.69 Å². The molecule has 33 heavy (non-hydrogen) atoms. The van der Waals surface area contributed by atoms with Crippen molar-refractivity contribution in [3.8, 4) is 11.5 Å². The SMILES string of the molecule is Cc1cc(O)c(CN2CCN(c3ccccc3)CC2)c2c1C(=O)/C(=C/c1ccc(Cl)cc1)O2. The summed E-state index contributed by atoms with van der Waals surface area (Å²) >= 11 is 5.97. The second kappa shape index (κ2) is 8.93. The van der Waals surface area contributed by atoms with Crippen molar-refractivity contribution < 1.29 is 14.6 Å². The highest BCUT2D eigenvalue weighted by Crippen LogP contribution is 2.42. The standard InChI is InChI=1S/C27H25ClN2O3/c1-18-15-23(31)22(17-29-11-13-30(14-12-29)21-5-3-2-4-6-21)27-25(18)26(32)24(33-27)16-19-7-9-20(28)10-8-19/h2-10,15-16,31H,11-14,17H2,1H3/b24-16-. The van der Waals surface area contributed by atoms with E-state index in [0.29, 0.717) is 34.0 Å². The number of Topliss-reactive ketones (excluding diaryl/α,β-unsaturated/α-hetero) is 1.